The number of rotatable bonds is 5. The average Bonchev–Trinajstić information content (AvgIpc) is 3.21. The molecule has 2 aromatic carbocycles. The predicted octanol–water partition coefficient (Wildman–Crippen LogP) is 5.54. The predicted molar refractivity (Wildman–Crippen MR) is 110 cm³/mol. The van der Waals surface area contributed by atoms with Crippen molar-refractivity contribution in [1.29, 1.82) is 5.26 Å². The maximum absolute atomic E-state index is 13.2. The minimum atomic E-state index is -4.43. The van der Waals surface area contributed by atoms with E-state index in [0.717, 1.165) is 28.7 Å². The van der Waals surface area contributed by atoms with Crippen LogP contribution in [0.2, 0.25) is 0 Å². The fourth-order valence-corrected chi connectivity index (χ4v) is 3.34. The van der Waals surface area contributed by atoms with E-state index >= 15 is 0 Å². The Morgan fingerprint density at radius 2 is 1.58 bits per heavy atom. The Hall–Kier alpha value is -3.92. The number of H-pyrrole nitrogens is 1. The highest BCUT2D eigenvalue weighted by Gasteiger charge is 2.33. The largest absolute Gasteiger partial charge is 0.417 e. The SMILES string of the molecule is N#Cc1ccc(Cc2cnc(Cc3ccc(-c4ccccc4C(F)(F)F)nc3)[nH]2)cc1. The van der Waals surface area contributed by atoms with Gasteiger partial charge in [-0.3, -0.25) is 4.98 Å². The summed E-state index contributed by atoms with van der Waals surface area (Å²) in [6.45, 7) is 0. The first-order chi connectivity index (χ1) is 14.9. The van der Waals surface area contributed by atoms with E-state index in [4.69, 9.17) is 5.26 Å². The van der Waals surface area contributed by atoms with Crippen LogP contribution >= 0.6 is 0 Å². The summed E-state index contributed by atoms with van der Waals surface area (Å²) in [5, 5.41) is 8.87. The van der Waals surface area contributed by atoms with Crippen molar-refractivity contribution in [2.75, 3.05) is 0 Å². The number of nitrogens with zero attached hydrogens (tertiary/aromatic N) is 3. The number of hydrogen-bond acceptors (Lipinski definition) is 3. The van der Waals surface area contributed by atoms with Crippen molar-refractivity contribution in [1.82, 2.24) is 15.0 Å². The van der Waals surface area contributed by atoms with Gasteiger partial charge in [0, 0.05) is 36.5 Å². The first-order valence-electron chi connectivity index (χ1n) is 9.56. The molecule has 2 heterocycles. The van der Waals surface area contributed by atoms with Crippen LogP contribution < -0.4 is 0 Å². The summed E-state index contributed by atoms with van der Waals surface area (Å²) in [7, 11) is 0. The van der Waals surface area contributed by atoms with Crippen LogP contribution in [-0.2, 0) is 19.0 Å². The topological polar surface area (TPSA) is 65.4 Å². The fraction of sp³-hybridized carbons (Fsp3) is 0.125. The lowest BCUT2D eigenvalue weighted by atomic mass is 10.0. The molecule has 1 N–H and O–H groups in total. The van der Waals surface area contributed by atoms with Gasteiger partial charge < -0.3 is 4.98 Å². The van der Waals surface area contributed by atoms with Gasteiger partial charge in [-0.2, -0.15) is 18.4 Å². The summed E-state index contributed by atoms with van der Waals surface area (Å²) in [5.41, 5.74) is 3.08. The van der Waals surface area contributed by atoms with Gasteiger partial charge in [0.2, 0.25) is 0 Å². The first kappa shape index (κ1) is 20.4. The summed E-state index contributed by atoms with van der Waals surface area (Å²) < 4.78 is 39.7. The zero-order valence-electron chi connectivity index (χ0n) is 16.3. The Morgan fingerprint density at radius 1 is 0.839 bits per heavy atom. The number of benzene rings is 2. The number of nitriles is 1. The number of aromatic amines is 1. The summed E-state index contributed by atoms with van der Waals surface area (Å²) in [4.78, 5) is 11.9. The molecular formula is C24H17F3N4. The first-order valence-corrected chi connectivity index (χ1v) is 9.56. The maximum atomic E-state index is 13.2. The number of hydrogen-bond donors (Lipinski definition) is 1. The fourth-order valence-electron chi connectivity index (χ4n) is 3.34. The molecule has 0 saturated heterocycles. The number of alkyl halides is 3. The molecule has 4 aromatic rings. The lowest BCUT2D eigenvalue weighted by Gasteiger charge is -2.12. The van der Waals surface area contributed by atoms with Crippen LogP contribution in [0.3, 0.4) is 0 Å². The Labute approximate surface area is 177 Å². The van der Waals surface area contributed by atoms with E-state index in [1.54, 1.807) is 42.7 Å². The van der Waals surface area contributed by atoms with Crippen molar-refractivity contribution in [2.45, 2.75) is 19.0 Å². The van der Waals surface area contributed by atoms with Crippen LogP contribution in [0.4, 0.5) is 13.2 Å². The van der Waals surface area contributed by atoms with E-state index in [0.29, 0.717) is 18.4 Å². The standard InChI is InChI=1S/C24H17F3N4/c25-24(26,27)21-4-2-1-3-20(21)22-10-9-18(14-29-22)12-23-30-15-19(31-23)11-16-5-7-17(13-28)8-6-16/h1-10,14-15H,11-12H2,(H,30,31). The summed E-state index contributed by atoms with van der Waals surface area (Å²) >= 11 is 0. The van der Waals surface area contributed by atoms with Crippen molar-refractivity contribution in [3.05, 3.63) is 107 Å². The van der Waals surface area contributed by atoms with Crippen LogP contribution in [0, 0.1) is 11.3 Å². The molecular weight excluding hydrogens is 401 g/mol. The molecule has 4 nitrogen and oxygen atoms in total. The molecule has 0 aliphatic carbocycles. The normalized spacial score (nSPS) is 11.3. The Morgan fingerprint density at radius 3 is 2.26 bits per heavy atom. The van der Waals surface area contributed by atoms with Crippen LogP contribution in [0.1, 0.15) is 33.8 Å². The smallest absolute Gasteiger partial charge is 0.345 e. The van der Waals surface area contributed by atoms with Crippen LogP contribution in [0.5, 0.6) is 0 Å². The van der Waals surface area contributed by atoms with Gasteiger partial charge in [0.25, 0.3) is 0 Å². The molecule has 0 atom stereocenters. The third kappa shape index (κ3) is 4.81. The van der Waals surface area contributed by atoms with E-state index < -0.39 is 11.7 Å². The second-order valence-corrected chi connectivity index (χ2v) is 7.11. The minimum Gasteiger partial charge on any atom is -0.345 e. The number of pyridine rings is 1. The Kier molecular flexibility index (Phi) is 5.54. The van der Waals surface area contributed by atoms with E-state index in [9.17, 15) is 13.2 Å². The quantitative estimate of drug-likeness (QED) is 0.463. The molecule has 4 rings (SSSR count). The van der Waals surface area contributed by atoms with Crippen molar-refractivity contribution < 1.29 is 13.2 Å². The van der Waals surface area contributed by atoms with Gasteiger partial charge in [-0.1, -0.05) is 36.4 Å². The zero-order chi connectivity index (χ0) is 21.8. The Bertz CT molecular complexity index is 1220. The molecule has 0 fully saturated rings. The molecule has 0 aliphatic rings. The molecule has 31 heavy (non-hydrogen) atoms. The molecule has 0 aliphatic heterocycles. The van der Waals surface area contributed by atoms with E-state index in [1.165, 1.54) is 12.1 Å². The zero-order valence-corrected chi connectivity index (χ0v) is 16.3. The molecule has 2 aromatic heterocycles. The summed E-state index contributed by atoms with van der Waals surface area (Å²) in [5.74, 6) is 0.744. The molecule has 0 saturated carbocycles. The lowest BCUT2D eigenvalue weighted by Crippen LogP contribution is -2.07. The second kappa shape index (κ2) is 8.44. The maximum Gasteiger partial charge on any atom is 0.417 e. The minimum absolute atomic E-state index is 0.0595. The molecule has 0 spiro atoms. The van der Waals surface area contributed by atoms with Gasteiger partial charge >= 0.3 is 6.18 Å². The molecule has 0 unspecified atom stereocenters. The third-order valence-electron chi connectivity index (χ3n) is 4.86. The van der Waals surface area contributed by atoms with Gasteiger partial charge in [-0.15, -0.1) is 0 Å². The third-order valence-corrected chi connectivity index (χ3v) is 4.86. The van der Waals surface area contributed by atoms with Gasteiger partial charge in [0.15, 0.2) is 0 Å². The number of nitrogens with one attached hydrogen (secondary N) is 1. The summed E-state index contributed by atoms with van der Waals surface area (Å²) in [6.07, 6.45) is 0.0440. The lowest BCUT2D eigenvalue weighted by molar-refractivity contribution is -0.137. The van der Waals surface area contributed by atoms with Crippen LogP contribution in [0.25, 0.3) is 11.3 Å². The summed E-state index contributed by atoms with van der Waals surface area (Å²) in [6, 6.07) is 18.2. The van der Waals surface area contributed by atoms with Crippen LogP contribution in [-0.4, -0.2) is 15.0 Å². The van der Waals surface area contributed by atoms with Crippen molar-refractivity contribution in [2.24, 2.45) is 0 Å². The average molecular weight is 418 g/mol. The van der Waals surface area contributed by atoms with Crippen molar-refractivity contribution in [3.8, 4) is 17.3 Å². The number of aromatic nitrogens is 3. The number of imidazole rings is 1. The molecule has 0 bridgehead atoms. The Balaban J connectivity index is 1.46. The second-order valence-electron chi connectivity index (χ2n) is 7.11. The van der Waals surface area contributed by atoms with E-state index in [-0.39, 0.29) is 11.3 Å². The molecule has 154 valence electrons. The highest BCUT2D eigenvalue weighted by atomic mass is 19.4. The molecule has 0 radical (unpaired) electrons. The molecule has 0 amide bonds. The highest BCUT2D eigenvalue weighted by Crippen LogP contribution is 2.36. The van der Waals surface area contributed by atoms with Crippen molar-refractivity contribution in [3.63, 3.8) is 0 Å². The van der Waals surface area contributed by atoms with Gasteiger partial charge in [0.05, 0.1) is 22.9 Å². The van der Waals surface area contributed by atoms with Gasteiger partial charge in [-0.05, 0) is 35.4 Å². The highest BCUT2D eigenvalue weighted by molar-refractivity contribution is 5.64. The van der Waals surface area contributed by atoms with E-state index in [2.05, 4.69) is 21.0 Å². The van der Waals surface area contributed by atoms with E-state index in [1.807, 2.05) is 12.1 Å². The molecule has 7 heteroatoms. The van der Waals surface area contributed by atoms with Gasteiger partial charge in [-0.25, -0.2) is 4.98 Å². The van der Waals surface area contributed by atoms with Crippen LogP contribution in [0.15, 0.2) is 73.1 Å². The monoisotopic (exact) mass is 418 g/mol. The van der Waals surface area contributed by atoms with Gasteiger partial charge in [0.1, 0.15) is 5.82 Å². The number of halogens is 3. The van der Waals surface area contributed by atoms with Crippen molar-refractivity contribution >= 4 is 0 Å².